The second-order valence-electron chi connectivity index (χ2n) is 5.43. The molecule has 2 aromatic rings. The maximum absolute atomic E-state index is 11.7. The summed E-state index contributed by atoms with van der Waals surface area (Å²) in [5.41, 5.74) is 0.832. The Morgan fingerprint density at radius 3 is 2.64 bits per heavy atom. The van der Waals surface area contributed by atoms with E-state index < -0.39 is 0 Å². The molecule has 0 aliphatic carbocycles. The van der Waals surface area contributed by atoms with Crippen molar-refractivity contribution in [3.8, 4) is 0 Å². The number of anilines is 1. The number of hydrogen-bond acceptors (Lipinski definition) is 6. The van der Waals surface area contributed by atoms with E-state index in [4.69, 9.17) is 0 Å². The summed E-state index contributed by atoms with van der Waals surface area (Å²) < 4.78 is 1.55. The number of hydrogen-bond donors (Lipinski definition) is 0. The van der Waals surface area contributed by atoms with Gasteiger partial charge >= 0.3 is 0 Å². The summed E-state index contributed by atoms with van der Waals surface area (Å²) in [6.45, 7) is 7.17. The Bertz CT molecular complexity index is 663. The van der Waals surface area contributed by atoms with E-state index >= 15 is 0 Å². The molecule has 0 aromatic carbocycles. The Morgan fingerprint density at radius 1 is 1.09 bits per heavy atom. The van der Waals surface area contributed by atoms with Crippen molar-refractivity contribution in [2.45, 2.75) is 13.5 Å². The Balaban J connectivity index is 1.52. The van der Waals surface area contributed by atoms with Crippen LogP contribution in [0.4, 0.5) is 5.82 Å². The molecule has 3 rings (SSSR count). The lowest BCUT2D eigenvalue weighted by molar-refractivity contribution is 0.242. The molecule has 1 aliphatic rings. The normalized spacial score (nSPS) is 16.0. The molecule has 116 valence electrons. The minimum Gasteiger partial charge on any atom is -0.354 e. The molecule has 0 saturated carbocycles. The second kappa shape index (κ2) is 6.65. The van der Waals surface area contributed by atoms with Crippen molar-refractivity contribution in [1.29, 1.82) is 0 Å². The third-order valence-corrected chi connectivity index (χ3v) is 3.89. The quantitative estimate of drug-likeness (QED) is 0.801. The van der Waals surface area contributed by atoms with Gasteiger partial charge in [-0.05, 0) is 19.1 Å². The first kappa shape index (κ1) is 14.6. The molecule has 3 heterocycles. The van der Waals surface area contributed by atoms with Gasteiger partial charge in [-0.15, -0.1) is 0 Å². The van der Waals surface area contributed by atoms with E-state index in [1.54, 1.807) is 29.3 Å². The van der Waals surface area contributed by atoms with Crippen molar-refractivity contribution in [2.24, 2.45) is 0 Å². The van der Waals surface area contributed by atoms with Crippen LogP contribution in [0.25, 0.3) is 0 Å². The van der Waals surface area contributed by atoms with Crippen molar-refractivity contribution in [1.82, 2.24) is 24.6 Å². The lowest BCUT2D eigenvalue weighted by Gasteiger charge is -2.35. The molecule has 1 saturated heterocycles. The molecule has 22 heavy (non-hydrogen) atoms. The average Bonchev–Trinajstić information content (AvgIpc) is 2.57. The molecule has 0 atom stereocenters. The van der Waals surface area contributed by atoms with Crippen LogP contribution >= 0.6 is 0 Å². The Morgan fingerprint density at radius 2 is 1.91 bits per heavy atom. The van der Waals surface area contributed by atoms with Gasteiger partial charge in [-0.25, -0.2) is 14.6 Å². The maximum atomic E-state index is 11.7. The fourth-order valence-electron chi connectivity index (χ4n) is 2.62. The Hall–Kier alpha value is -2.28. The standard InChI is InChI=1S/C15H20N6O/c1-13-2-3-15(22)21(18-13)11-8-19-6-9-20(10-7-19)14-4-5-16-12-17-14/h2-5,12H,6-11H2,1H3. The summed E-state index contributed by atoms with van der Waals surface area (Å²) >= 11 is 0. The first-order chi connectivity index (χ1) is 10.7. The highest BCUT2D eigenvalue weighted by Crippen LogP contribution is 2.11. The van der Waals surface area contributed by atoms with Crippen LogP contribution in [-0.4, -0.2) is 57.4 Å². The van der Waals surface area contributed by atoms with Crippen LogP contribution in [0.5, 0.6) is 0 Å². The van der Waals surface area contributed by atoms with Gasteiger partial charge in [-0.3, -0.25) is 9.69 Å². The fraction of sp³-hybridized carbons (Fsp3) is 0.467. The predicted octanol–water partition coefficient (Wildman–Crippen LogP) is 0.164. The minimum atomic E-state index is -0.0368. The fourth-order valence-corrected chi connectivity index (χ4v) is 2.62. The van der Waals surface area contributed by atoms with E-state index in [1.807, 2.05) is 13.0 Å². The molecule has 7 nitrogen and oxygen atoms in total. The number of aryl methyl sites for hydroxylation is 1. The Labute approximate surface area is 129 Å². The molecule has 0 bridgehead atoms. The molecule has 0 amide bonds. The van der Waals surface area contributed by atoms with Gasteiger partial charge in [-0.2, -0.15) is 5.10 Å². The average molecular weight is 300 g/mol. The third-order valence-electron chi connectivity index (χ3n) is 3.89. The van der Waals surface area contributed by atoms with E-state index in [9.17, 15) is 4.79 Å². The van der Waals surface area contributed by atoms with Crippen LogP contribution in [0, 0.1) is 6.92 Å². The number of nitrogens with zero attached hydrogens (tertiary/aromatic N) is 6. The van der Waals surface area contributed by atoms with Crippen LogP contribution in [-0.2, 0) is 6.54 Å². The van der Waals surface area contributed by atoms with Crippen molar-refractivity contribution >= 4 is 5.82 Å². The summed E-state index contributed by atoms with van der Waals surface area (Å²) in [7, 11) is 0. The van der Waals surface area contributed by atoms with E-state index in [1.165, 1.54) is 0 Å². The van der Waals surface area contributed by atoms with Crippen LogP contribution in [0.3, 0.4) is 0 Å². The largest absolute Gasteiger partial charge is 0.354 e. The van der Waals surface area contributed by atoms with Crippen LogP contribution < -0.4 is 10.5 Å². The monoisotopic (exact) mass is 300 g/mol. The van der Waals surface area contributed by atoms with Crippen LogP contribution in [0.2, 0.25) is 0 Å². The van der Waals surface area contributed by atoms with Crippen molar-refractivity contribution in [3.05, 3.63) is 46.8 Å². The van der Waals surface area contributed by atoms with Gasteiger partial charge in [0.2, 0.25) is 0 Å². The zero-order valence-electron chi connectivity index (χ0n) is 12.7. The molecule has 0 unspecified atom stereocenters. The molecule has 1 fully saturated rings. The molecular weight excluding hydrogens is 280 g/mol. The maximum Gasteiger partial charge on any atom is 0.266 e. The highest BCUT2D eigenvalue weighted by Gasteiger charge is 2.17. The summed E-state index contributed by atoms with van der Waals surface area (Å²) in [5, 5.41) is 4.27. The van der Waals surface area contributed by atoms with Crippen LogP contribution in [0.1, 0.15) is 5.69 Å². The highest BCUT2D eigenvalue weighted by molar-refractivity contribution is 5.36. The van der Waals surface area contributed by atoms with Gasteiger partial charge in [0, 0.05) is 45.0 Å². The molecule has 0 N–H and O–H groups in total. The van der Waals surface area contributed by atoms with Gasteiger partial charge in [0.05, 0.1) is 12.2 Å². The number of rotatable bonds is 4. The van der Waals surface area contributed by atoms with Gasteiger partial charge in [-0.1, -0.05) is 0 Å². The SMILES string of the molecule is Cc1ccc(=O)n(CCN2CCN(c3ccncn3)CC2)n1. The first-order valence-corrected chi connectivity index (χ1v) is 7.50. The van der Waals surface area contributed by atoms with Crippen LogP contribution in [0.15, 0.2) is 35.5 Å². The van der Waals surface area contributed by atoms with E-state index in [0.29, 0.717) is 6.54 Å². The van der Waals surface area contributed by atoms with Crippen molar-refractivity contribution < 1.29 is 0 Å². The smallest absolute Gasteiger partial charge is 0.266 e. The highest BCUT2D eigenvalue weighted by atomic mass is 16.1. The summed E-state index contributed by atoms with van der Waals surface area (Å²) in [6, 6.07) is 5.26. The van der Waals surface area contributed by atoms with Gasteiger partial charge in [0.25, 0.3) is 5.56 Å². The molecule has 2 aromatic heterocycles. The topological polar surface area (TPSA) is 67.2 Å². The van der Waals surface area contributed by atoms with Gasteiger partial charge < -0.3 is 4.90 Å². The lowest BCUT2D eigenvalue weighted by Crippen LogP contribution is -2.48. The summed E-state index contributed by atoms with van der Waals surface area (Å²) in [4.78, 5) is 24.6. The molecular formula is C15H20N6O. The summed E-state index contributed by atoms with van der Waals surface area (Å²) in [5.74, 6) is 0.978. The molecule has 7 heteroatoms. The van der Waals surface area contributed by atoms with E-state index in [0.717, 1.165) is 44.2 Å². The third kappa shape index (κ3) is 3.48. The predicted molar refractivity (Wildman–Crippen MR) is 83.9 cm³/mol. The first-order valence-electron chi connectivity index (χ1n) is 7.50. The van der Waals surface area contributed by atoms with Gasteiger partial charge in [0.15, 0.2) is 0 Å². The number of aromatic nitrogens is 4. The zero-order chi connectivity index (χ0) is 15.4. The minimum absolute atomic E-state index is 0.0368. The molecule has 1 aliphatic heterocycles. The van der Waals surface area contributed by atoms with Crippen molar-refractivity contribution in [3.63, 3.8) is 0 Å². The van der Waals surface area contributed by atoms with Gasteiger partial charge in [0.1, 0.15) is 12.1 Å². The number of piperazine rings is 1. The second-order valence-corrected chi connectivity index (χ2v) is 5.43. The molecule has 0 radical (unpaired) electrons. The lowest BCUT2D eigenvalue weighted by atomic mass is 10.3. The van der Waals surface area contributed by atoms with Crippen molar-refractivity contribution in [2.75, 3.05) is 37.6 Å². The molecule has 0 spiro atoms. The Kier molecular flexibility index (Phi) is 4.43. The van der Waals surface area contributed by atoms with E-state index in [-0.39, 0.29) is 5.56 Å². The zero-order valence-corrected chi connectivity index (χ0v) is 12.7. The van der Waals surface area contributed by atoms with E-state index in [2.05, 4.69) is 24.9 Å². The summed E-state index contributed by atoms with van der Waals surface area (Å²) in [6.07, 6.45) is 3.35.